The van der Waals surface area contributed by atoms with Crippen LogP contribution >= 0.6 is 23.4 Å². The van der Waals surface area contributed by atoms with E-state index in [4.69, 9.17) is 11.6 Å². The standard InChI is InChI=1S/C16H17ClFNS/c1-11(2)19-10-12-9-13(17)3-8-16(12)20-15-6-4-14(18)5-7-15/h3-9,11,19H,10H2,1-2H3. The Morgan fingerprint density at radius 2 is 1.85 bits per heavy atom. The SMILES string of the molecule is CC(C)NCc1cc(Cl)ccc1Sc1ccc(F)cc1. The van der Waals surface area contributed by atoms with Crippen LogP contribution in [0.25, 0.3) is 0 Å². The van der Waals surface area contributed by atoms with Crippen LogP contribution in [0.2, 0.25) is 5.02 Å². The fourth-order valence-corrected chi connectivity index (χ4v) is 2.85. The molecule has 0 fully saturated rings. The van der Waals surface area contributed by atoms with E-state index >= 15 is 0 Å². The highest BCUT2D eigenvalue weighted by molar-refractivity contribution is 7.99. The summed E-state index contributed by atoms with van der Waals surface area (Å²) < 4.78 is 12.9. The summed E-state index contributed by atoms with van der Waals surface area (Å²) in [6, 6.07) is 12.8. The molecule has 0 radical (unpaired) electrons. The van der Waals surface area contributed by atoms with Crippen LogP contribution in [-0.4, -0.2) is 6.04 Å². The minimum Gasteiger partial charge on any atom is -0.310 e. The summed E-state index contributed by atoms with van der Waals surface area (Å²) in [6.07, 6.45) is 0. The number of rotatable bonds is 5. The summed E-state index contributed by atoms with van der Waals surface area (Å²) in [5, 5.41) is 4.12. The van der Waals surface area contributed by atoms with E-state index in [2.05, 4.69) is 19.2 Å². The molecule has 2 aromatic carbocycles. The van der Waals surface area contributed by atoms with Crippen LogP contribution in [0.1, 0.15) is 19.4 Å². The Bertz CT molecular complexity index is 569. The zero-order valence-electron chi connectivity index (χ0n) is 11.5. The second-order valence-electron chi connectivity index (χ2n) is 4.84. The van der Waals surface area contributed by atoms with Gasteiger partial charge in [-0.3, -0.25) is 0 Å². The molecule has 0 heterocycles. The fourth-order valence-electron chi connectivity index (χ4n) is 1.73. The Morgan fingerprint density at radius 1 is 1.15 bits per heavy atom. The molecule has 4 heteroatoms. The van der Waals surface area contributed by atoms with E-state index in [9.17, 15) is 4.39 Å². The van der Waals surface area contributed by atoms with Crippen molar-refractivity contribution in [1.82, 2.24) is 5.32 Å². The molecule has 0 spiro atoms. The lowest BCUT2D eigenvalue weighted by atomic mass is 10.2. The van der Waals surface area contributed by atoms with Crippen molar-refractivity contribution in [2.24, 2.45) is 0 Å². The zero-order chi connectivity index (χ0) is 14.5. The van der Waals surface area contributed by atoms with Crippen LogP contribution in [0.15, 0.2) is 52.3 Å². The van der Waals surface area contributed by atoms with E-state index in [0.29, 0.717) is 6.04 Å². The molecule has 0 aliphatic heterocycles. The van der Waals surface area contributed by atoms with Crippen LogP contribution in [0, 0.1) is 5.82 Å². The Morgan fingerprint density at radius 3 is 2.50 bits per heavy atom. The molecule has 2 aromatic rings. The van der Waals surface area contributed by atoms with Crippen molar-refractivity contribution in [3.63, 3.8) is 0 Å². The summed E-state index contributed by atoms with van der Waals surface area (Å²) in [5.41, 5.74) is 1.15. The van der Waals surface area contributed by atoms with Crippen molar-refractivity contribution in [2.75, 3.05) is 0 Å². The second kappa shape index (κ2) is 7.11. The Balaban J connectivity index is 2.19. The third-order valence-corrected chi connectivity index (χ3v) is 4.13. The van der Waals surface area contributed by atoms with Gasteiger partial charge in [-0.1, -0.05) is 37.2 Å². The average Bonchev–Trinajstić information content (AvgIpc) is 2.41. The number of benzene rings is 2. The van der Waals surface area contributed by atoms with Gasteiger partial charge in [0.05, 0.1) is 0 Å². The molecule has 106 valence electrons. The molecule has 0 unspecified atom stereocenters. The number of halogens is 2. The van der Waals surface area contributed by atoms with E-state index in [1.165, 1.54) is 12.1 Å². The molecule has 1 N–H and O–H groups in total. The first-order valence-electron chi connectivity index (χ1n) is 6.50. The Kier molecular flexibility index (Phi) is 5.46. The van der Waals surface area contributed by atoms with Crippen LogP contribution < -0.4 is 5.32 Å². The maximum Gasteiger partial charge on any atom is 0.123 e. The molecule has 0 amide bonds. The van der Waals surface area contributed by atoms with E-state index in [0.717, 1.165) is 26.9 Å². The molecular formula is C16H17ClFNS. The third kappa shape index (κ3) is 4.51. The van der Waals surface area contributed by atoms with Gasteiger partial charge in [-0.2, -0.15) is 0 Å². The maximum atomic E-state index is 12.9. The van der Waals surface area contributed by atoms with Gasteiger partial charge in [-0.15, -0.1) is 0 Å². The van der Waals surface area contributed by atoms with Crippen LogP contribution in [0.3, 0.4) is 0 Å². The quantitative estimate of drug-likeness (QED) is 0.822. The zero-order valence-corrected chi connectivity index (χ0v) is 13.1. The lowest BCUT2D eigenvalue weighted by molar-refractivity contribution is 0.585. The largest absolute Gasteiger partial charge is 0.310 e. The van der Waals surface area contributed by atoms with Crippen molar-refractivity contribution in [1.29, 1.82) is 0 Å². The first-order chi connectivity index (χ1) is 9.54. The summed E-state index contributed by atoms with van der Waals surface area (Å²) in [7, 11) is 0. The lowest BCUT2D eigenvalue weighted by Crippen LogP contribution is -2.22. The number of nitrogens with one attached hydrogen (secondary N) is 1. The molecule has 20 heavy (non-hydrogen) atoms. The van der Waals surface area contributed by atoms with Crippen LogP contribution in [0.5, 0.6) is 0 Å². The molecule has 0 atom stereocenters. The topological polar surface area (TPSA) is 12.0 Å². The highest BCUT2D eigenvalue weighted by Gasteiger charge is 2.06. The predicted octanol–water partition coefficient (Wildman–Crippen LogP) is 5.13. The van der Waals surface area contributed by atoms with Gasteiger partial charge in [0.2, 0.25) is 0 Å². The van der Waals surface area contributed by atoms with Gasteiger partial charge >= 0.3 is 0 Å². The number of hydrogen-bond donors (Lipinski definition) is 1. The molecule has 0 aliphatic carbocycles. The molecule has 0 aromatic heterocycles. The molecule has 0 bridgehead atoms. The van der Waals surface area contributed by atoms with Gasteiger partial charge in [0.15, 0.2) is 0 Å². The molecule has 1 nitrogen and oxygen atoms in total. The lowest BCUT2D eigenvalue weighted by Gasteiger charge is -2.13. The van der Waals surface area contributed by atoms with Crippen molar-refractivity contribution in [3.8, 4) is 0 Å². The van der Waals surface area contributed by atoms with Crippen molar-refractivity contribution in [3.05, 3.63) is 58.9 Å². The maximum absolute atomic E-state index is 12.9. The summed E-state index contributed by atoms with van der Waals surface area (Å²) >= 11 is 7.69. The van der Waals surface area contributed by atoms with E-state index in [1.807, 2.05) is 18.2 Å². The van der Waals surface area contributed by atoms with E-state index in [-0.39, 0.29) is 5.82 Å². The van der Waals surface area contributed by atoms with Crippen LogP contribution in [-0.2, 0) is 6.54 Å². The van der Waals surface area contributed by atoms with Crippen molar-refractivity contribution < 1.29 is 4.39 Å². The second-order valence-corrected chi connectivity index (χ2v) is 6.40. The smallest absolute Gasteiger partial charge is 0.123 e. The molecule has 0 saturated heterocycles. The Labute approximate surface area is 128 Å². The van der Waals surface area contributed by atoms with Gasteiger partial charge in [0.1, 0.15) is 5.82 Å². The normalized spacial score (nSPS) is 11.1. The van der Waals surface area contributed by atoms with Gasteiger partial charge in [0, 0.05) is 27.4 Å². The van der Waals surface area contributed by atoms with E-state index < -0.39 is 0 Å². The minimum atomic E-state index is -0.216. The predicted molar refractivity (Wildman–Crippen MR) is 84.0 cm³/mol. The fraction of sp³-hybridized carbons (Fsp3) is 0.250. The third-order valence-electron chi connectivity index (χ3n) is 2.76. The van der Waals surface area contributed by atoms with Gasteiger partial charge in [0.25, 0.3) is 0 Å². The first kappa shape index (κ1) is 15.4. The van der Waals surface area contributed by atoms with E-state index in [1.54, 1.807) is 23.9 Å². The highest BCUT2D eigenvalue weighted by Crippen LogP contribution is 2.32. The first-order valence-corrected chi connectivity index (χ1v) is 7.69. The molecule has 0 saturated carbocycles. The van der Waals surface area contributed by atoms with Crippen molar-refractivity contribution in [2.45, 2.75) is 36.2 Å². The highest BCUT2D eigenvalue weighted by atomic mass is 35.5. The Hall–Kier alpha value is -1.03. The minimum absolute atomic E-state index is 0.216. The number of hydrogen-bond acceptors (Lipinski definition) is 2. The average molecular weight is 310 g/mol. The van der Waals surface area contributed by atoms with Gasteiger partial charge in [-0.25, -0.2) is 4.39 Å². The van der Waals surface area contributed by atoms with Crippen molar-refractivity contribution >= 4 is 23.4 Å². The van der Waals surface area contributed by atoms with Gasteiger partial charge < -0.3 is 5.32 Å². The molecule has 2 rings (SSSR count). The summed E-state index contributed by atoms with van der Waals surface area (Å²) in [6.45, 7) is 4.98. The summed E-state index contributed by atoms with van der Waals surface area (Å²) in [5.74, 6) is -0.216. The monoisotopic (exact) mass is 309 g/mol. The molecule has 0 aliphatic rings. The summed E-state index contributed by atoms with van der Waals surface area (Å²) in [4.78, 5) is 2.15. The molecular weight excluding hydrogens is 293 g/mol. The van der Waals surface area contributed by atoms with Gasteiger partial charge in [-0.05, 0) is 48.0 Å². The van der Waals surface area contributed by atoms with Crippen LogP contribution in [0.4, 0.5) is 4.39 Å².